The lowest BCUT2D eigenvalue weighted by molar-refractivity contribution is -0.102. The molecule has 0 spiro atoms. The third-order valence-electron chi connectivity index (χ3n) is 1.61. The van der Waals surface area contributed by atoms with E-state index in [1.165, 1.54) is 0 Å². The van der Waals surface area contributed by atoms with E-state index in [-0.39, 0.29) is 5.71 Å². The first kappa shape index (κ1) is 9.25. The first-order valence-electron chi connectivity index (χ1n) is 3.63. The summed E-state index contributed by atoms with van der Waals surface area (Å²) in [5, 5.41) is 11.3. The van der Waals surface area contributed by atoms with Gasteiger partial charge in [-0.2, -0.15) is 0 Å². The van der Waals surface area contributed by atoms with Crippen LogP contribution in [0.15, 0.2) is 29.4 Å². The summed E-state index contributed by atoms with van der Waals surface area (Å²) in [5.41, 5.74) is 0.556. The van der Waals surface area contributed by atoms with Crippen LogP contribution in [-0.4, -0.2) is 24.3 Å². The van der Waals surface area contributed by atoms with Crippen molar-refractivity contribution < 1.29 is 14.7 Å². The molecule has 0 saturated carbocycles. The zero-order chi connectivity index (χ0) is 9.68. The fraction of sp³-hybridized carbons (Fsp3) is 0.111. The molecule has 4 heteroatoms. The van der Waals surface area contributed by atoms with Crippen LogP contribution in [0.25, 0.3) is 0 Å². The van der Waals surface area contributed by atoms with Crippen LogP contribution in [0.1, 0.15) is 5.56 Å². The highest BCUT2D eigenvalue weighted by Gasteiger charge is 2.01. The number of benzene rings is 1. The van der Waals surface area contributed by atoms with E-state index in [1.54, 1.807) is 31.4 Å². The molecule has 0 fully saturated rings. The molecule has 0 bridgehead atoms. The number of ether oxygens (including phenoxy) is 1. The van der Waals surface area contributed by atoms with Crippen molar-refractivity contribution in [2.24, 2.45) is 5.16 Å². The average Bonchev–Trinajstić information content (AvgIpc) is 2.21. The molecular formula is C9H9NO3. The molecule has 0 amide bonds. The standard InChI is InChI=1S/C9H9NO3/c1-13-8-4-2-7(3-5-8)9(6-11)10-12/h2-6,12H,1H3. The maximum absolute atomic E-state index is 10.4. The van der Waals surface area contributed by atoms with Gasteiger partial charge in [0.1, 0.15) is 11.5 Å². The van der Waals surface area contributed by atoms with Crippen LogP contribution in [0.5, 0.6) is 5.75 Å². The van der Waals surface area contributed by atoms with Crippen LogP contribution in [0, 0.1) is 0 Å². The summed E-state index contributed by atoms with van der Waals surface area (Å²) < 4.78 is 4.93. The zero-order valence-corrected chi connectivity index (χ0v) is 7.10. The van der Waals surface area contributed by atoms with Crippen LogP contribution in [-0.2, 0) is 4.79 Å². The minimum atomic E-state index is 0.00246. The van der Waals surface area contributed by atoms with Gasteiger partial charge in [0.15, 0.2) is 6.29 Å². The van der Waals surface area contributed by atoms with E-state index in [0.717, 1.165) is 0 Å². The number of hydrogen-bond donors (Lipinski definition) is 1. The number of oxime groups is 1. The maximum Gasteiger partial charge on any atom is 0.172 e. The predicted octanol–water partition coefficient (Wildman–Crippen LogP) is 1.07. The van der Waals surface area contributed by atoms with E-state index >= 15 is 0 Å². The zero-order valence-electron chi connectivity index (χ0n) is 7.10. The van der Waals surface area contributed by atoms with Crippen LogP contribution in [0.3, 0.4) is 0 Å². The second-order valence-corrected chi connectivity index (χ2v) is 2.33. The van der Waals surface area contributed by atoms with Gasteiger partial charge in [-0.15, -0.1) is 0 Å². The number of carbonyl (C=O) groups excluding carboxylic acids is 1. The monoisotopic (exact) mass is 179 g/mol. The van der Waals surface area contributed by atoms with Crippen molar-refractivity contribution >= 4 is 12.0 Å². The average molecular weight is 179 g/mol. The van der Waals surface area contributed by atoms with Crippen molar-refractivity contribution in [2.45, 2.75) is 0 Å². The second kappa shape index (κ2) is 4.25. The van der Waals surface area contributed by atoms with Gasteiger partial charge >= 0.3 is 0 Å². The molecule has 0 radical (unpaired) electrons. The summed E-state index contributed by atoms with van der Waals surface area (Å²) in [4.78, 5) is 10.4. The summed E-state index contributed by atoms with van der Waals surface area (Å²) in [5.74, 6) is 0.687. The summed E-state index contributed by atoms with van der Waals surface area (Å²) in [6.07, 6.45) is 0.488. The van der Waals surface area contributed by atoms with E-state index < -0.39 is 0 Å². The fourth-order valence-corrected chi connectivity index (χ4v) is 0.911. The van der Waals surface area contributed by atoms with E-state index in [1.807, 2.05) is 0 Å². The molecule has 1 aromatic rings. The lowest BCUT2D eigenvalue weighted by Crippen LogP contribution is -2.01. The minimum absolute atomic E-state index is 0.00246. The van der Waals surface area contributed by atoms with Gasteiger partial charge in [-0.3, -0.25) is 4.79 Å². The lowest BCUT2D eigenvalue weighted by Gasteiger charge is -2.00. The van der Waals surface area contributed by atoms with E-state index in [0.29, 0.717) is 17.6 Å². The molecule has 0 unspecified atom stereocenters. The van der Waals surface area contributed by atoms with Gasteiger partial charge in [0.25, 0.3) is 0 Å². The second-order valence-electron chi connectivity index (χ2n) is 2.33. The Labute approximate surface area is 75.4 Å². The molecule has 0 saturated heterocycles. The van der Waals surface area contributed by atoms with Crippen molar-refractivity contribution in [1.82, 2.24) is 0 Å². The minimum Gasteiger partial charge on any atom is -0.497 e. The van der Waals surface area contributed by atoms with Crippen molar-refractivity contribution in [3.63, 3.8) is 0 Å². The SMILES string of the molecule is COc1ccc(C(C=O)=NO)cc1. The van der Waals surface area contributed by atoms with Crippen LogP contribution in [0.2, 0.25) is 0 Å². The molecule has 4 nitrogen and oxygen atoms in total. The number of carbonyl (C=O) groups is 1. The Morgan fingerprint density at radius 3 is 2.46 bits per heavy atom. The number of rotatable bonds is 3. The molecule has 1 rings (SSSR count). The van der Waals surface area contributed by atoms with Gasteiger partial charge in [-0.1, -0.05) is 5.16 Å². The molecular weight excluding hydrogens is 170 g/mol. The van der Waals surface area contributed by atoms with Gasteiger partial charge in [-0.05, 0) is 24.3 Å². The smallest absolute Gasteiger partial charge is 0.172 e. The molecule has 0 aliphatic rings. The Morgan fingerprint density at radius 2 is 2.08 bits per heavy atom. The Hall–Kier alpha value is -1.84. The molecule has 0 aliphatic heterocycles. The number of hydrogen-bond acceptors (Lipinski definition) is 4. The molecule has 0 heterocycles. The van der Waals surface area contributed by atoms with Gasteiger partial charge in [0, 0.05) is 5.56 Å². The van der Waals surface area contributed by atoms with Crippen molar-refractivity contribution in [1.29, 1.82) is 0 Å². The Morgan fingerprint density at radius 1 is 1.46 bits per heavy atom. The third-order valence-corrected chi connectivity index (χ3v) is 1.61. The van der Waals surface area contributed by atoms with Gasteiger partial charge in [0.05, 0.1) is 7.11 Å². The first-order valence-corrected chi connectivity index (χ1v) is 3.63. The van der Waals surface area contributed by atoms with Crippen molar-refractivity contribution in [3.8, 4) is 5.75 Å². The van der Waals surface area contributed by atoms with E-state index in [4.69, 9.17) is 9.94 Å². The Bertz CT molecular complexity index is 316. The molecule has 0 aromatic heterocycles. The fourth-order valence-electron chi connectivity index (χ4n) is 0.911. The van der Waals surface area contributed by atoms with E-state index in [2.05, 4.69) is 5.16 Å². The van der Waals surface area contributed by atoms with Gasteiger partial charge in [-0.25, -0.2) is 0 Å². The quantitative estimate of drug-likeness (QED) is 0.327. The highest BCUT2D eigenvalue weighted by atomic mass is 16.5. The normalized spacial score (nSPS) is 11.0. The number of nitrogens with zero attached hydrogens (tertiary/aromatic N) is 1. The highest BCUT2D eigenvalue weighted by Crippen LogP contribution is 2.11. The maximum atomic E-state index is 10.4. The molecule has 1 N–H and O–H groups in total. The van der Waals surface area contributed by atoms with Gasteiger partial charge < -0.3 is 9.94 Å². The summed E-state index contributed by atoms with van der Waals surface area (Å²) >= 11 is 0. The number of aldehydes is 1. The van der Waals surface area contributed by atoms with Gasteiger partial charge in [0.2, 0.25) is 0 Å². The Balaban J connectivity index is 2.97. The predicted molar refractivity (Wildman–Crippen MR) is 47.4 cm³/mol. The highest BCUT2D eigenvalue weighted by molar-refractivity contribution is 6.36. The van der Waals surface area contributed by atoms with Crippen LogP contribution in [0.4, 0.5) is 0 Å². The summed E-state index contributed by atoms with van der Waals surface area (Å²) in [7, 11) is 1.55. The Kier molecular flexibility index (Phi) is 3.03. The largest absolute Gasteiger partial charge is 0.497 e. The molecule has 1 aromatic carbocycles. The summed E-state index contributed by atoms with van der Waals surface area (Å²) in [6.45, 7) is 0. The first-order chi connectivity index (χ1) is 6.31. The van der Waals surface area contributed by atoms with Crippen molar-refractivity contribution in [3.05, 3.63) is 29.8 Å². The molecule has 0 aliphatic carbocycles. The van der Waals surface area contributed by atoms with Crippen LogP contribution < -0.4 is 4.74 Å². The molecule has 13 heavy (non-hydrogen) atoms. The lowest BCUT2D eigenvalue weighted by atomic mass is 10.1. The van der Waals surface area contributed by atoms with Crippen molar-refractivity contribution in [2.75, 3.05) is 7.11 Å². The molecule has 0 atom stereocenters. The summed E-state index contributed by atoms with van der Waals surface area (Å²) in [6, 6.07) is 6.65. The molecule has 68 valence electrons. The van der Waals surface area contributed by atoms with Crippen LogP contribution >= 0.6 is 0 Å². The third kappa shape index (κ3) is 2.05. The number of methoxy groups -OCH3 is 1. The van der Waals surface area contributed by atoms with E-state index in [9.17, 15) is 4.79 Å². The topological polar surface area (TPSA) is 58.9 Å².